The van der Waals surface area contributed by atoms with E-state index in [1.54, 1.807) is 0 Å². The van der Waals surface area contributed by atoms with Crippen LogP contribution in [0.25, 0.3) is 17.1 Å². The van der Waals surface area contributed by atoms with Crippen LogP contribution in [0, 0.1) is 0 Å². The van der Waals surface area contributed by atoms with E-state index >= 15 is 0 Å². The van der Waals surface area contributed by atoms with Crippen LogP contribution < -0.4 is 10.6 Å². The van der Waals surface area contributed by atoms with Crippen LogP contribution in [-0.2, 0) is 4.79 Å². The highest BCUT2D eigenvalue weighted by Crippen LogP contribution is 2.27. The zero-order valence-electron chi connectivity index (χ0n) is 16.5. The molecule has 1 aromatic heterocycles. The van der Waals surface area contributed by atoms with E-state index < -0.39 is 6.03 Å². The molecular weight excluding hydrogens is 398 g/mol. The van der Waals surface area contributed by atoms with Crippen molar-refractivity contribution in [3.05, 3.63) is 60.7 Å². The zero-order valence-corrected chi connectivity index (χ0v) is 17.3. The van der Waals surface area contributed by atoms with Crippen molar-refractivity contribution in [2.45, 2.75) is 36.9 Å². The number of imide groups is 1. The van der Waals surface area contributed by atoms with Gasteiger partial charge in [0, 0.05) is 17.3 Å². The molecule has 0 aliphatic heterocycles. The van der Waals surface area contributed by atoms with E-state index in [2.05, 4.69) is 20.8 Å². The number of nitrogens with zero attached hydrogens (tertiary/aromatic N) is 3. The van der Waals surface area contributed by atoms with Gasteiger partial charge in [0.2, 0.25) is 5.91 Å². The quantitative estimate of drug-likeness (QED) is 0.591. The molecule has 0 spiro atoms. The Morgan fingerprint density at radius 1 is 0.967 bits per heavy atom. The van der Waals surface area contributed by atoms with Crippen LogP contribution in [0.2, 0.25) is 0 Å². The summed E-state index contributed by atoms with van der Waals surface area (Å²) >= 11 is 1.25. The van der Waals surface area contributed by atoms with E-state index in [-0.39, 0.29) is 17.7 Å². The molecule has 3 aromatic rings. The van der Waals surface area contributed by atoms with Gasteiger partial charge in [-0.05, 0) is 25.0 Å². The summed E-state index contributed by atoms with van der Waals surface area (Å²) in [4.78, 5) is 24.3. The maximum atomic E-state index is 12.3. The van der Waals surface area contributed by atoms with Crippen molar-refractivity contribution in [3.8, 4) is 17.1 Å². The number of para-hydroxylation sites is 1. The predicted octanol–water partition coefficient (Wildman–Crippen LogP) is 3.79. The first-order chi connectivity index (χ1) is 14.7. The smallest absolute Gasteiger partial charge is 0.321 e. The minimum atomic E-state index is -0.429. The molecule has 30 heavy (non-hydrogen) atoms. The number of carbonyl (C=O) groups is 2. The fourth-order valence-electron chi connectivity index (χ4n) is 3.53. The number of carbonyl (C=O) groups excluding carboxylic acids is 2. The average Bonchev–Trinajstić information content (AvgIpc) is 3.43. The fraction of sp³-hybridized carbons (Fsp3) is 0.273. The molecular formula is C22H23N5O2S. The number of urea groups is 1. The van der Waals surface area contributed by atoms with Gasteiger partial charge in [0.25, 0.3) is 0 Å². The molecule has 8 heteroatoms. The summed E-state index contributed by atoms with van der Waals surface area (Å²) in [6, 6.07) is 19.3. The summed E-state index contributed by atoms with van der Waals surface area (Å²) in [6.45, 7) is 0. The Balaban J connectivity index is 1.47. The summed E-state index contributed by atoms with van der Waals surface area (Å²) in [5, 5.41) is 14.5. The highest BCUT2D eigenvalue weighted by Gasteiger charge is 2.20. The maximum Gasteiger partial charge on any atom is 0.321 e. The van der Waals surface area contributed by atoms with Crippen molar-refractivity contribution in [1.82, 2.24) is 25.4 Å². The molecule has 0 bridgehead atoms. The number of nitrogens with one attached hydrogen (secondary N) is 2. The van der Waals surface area contributed by atoms with Gasteiger partial charge in [0.15, 0.2) is 11.0 Å². The zero-order chi connectivity index (χ0) is 20.8. The highest BCUT2D eigenvalue weighted by atomic mass is 32.2. The summed E-state index contributed by atoms with van der Waals surface area (Å²) in [5.74, 6) is 0.403. The molecule has 1 fully saturated rings. The van der Waals surface area contributed by atoms with Gasteiger partial charge >= 0.3 is 6.03 Å². The first-order valence-electron chi connectivity index (χ1n) is 10.00. The van der Waals surface area contributed by atoms with Crippen molar-refractivity contribution >= 4 is 23.7 Å². The lowest BCUT2D eigenvalue weighted by molar-refractivity contribution is -0.117. The normalized spacial score (nSPS) is 13.9. The Hall–Kier alpha value is -3.13. The van der Waals surface area contributed by atoms with Gasteiger partial charge in [-0.3, -0.25) is 14.7 Å². The average molecular weight is 422 g/mol. The van der Waals surface area contributed by atoms with Gasteiger partial charge in [0.05, 0.1) is 5.75 Å². The van der Waals surface area contributed by atoms with Crippen LogP contribution in [0.15, 0.2) is 65.8 Å². The molecule has 0 unspecified atom stereocenters. The third kappa shape index (κ3) is 4.88. The predicted molar refractivity (Wildman–Crippen MR) is 116 cm³/mol. The van der Waals surface area contributed by atoms with Gasteiger partial charge in [-0.25, -0.2) is 4.79 Å². The minimum Gasteiger partial charge on any atom is -0.335 e. The molecule has 2 N–H and O–H groups in total. The Bertz CT molecular complexity index is 1000. The Kier molecular flexibility index (Phi) is 6.44. The Morgan fingerprint density at radius 2 is 1.63 bits per heavy atom. The Morgan fingerprint density at radius 3 is 2.33 bits per heavy atom. The summed E-state index contributed by atoms with van der Waals surface area (Å²) in [5.41, 5.74) is 1.84. The second kappa shape index (κ2) is 9.58. The molecule has 4 rings (SSSR count). The van der Waals surface area contributed by atoms with Crippen molar-refractivity contribution in [2.24, 2.45) is 0 Å². The molecule has 0 saturated heterocycles. The molecule has 7 nitrogen and oxygen atoms in total. The number of aromatic nitrogens is 3. The summed E-state index contributed by atoms with van der Waals surface area (Å²) in [6.07, 6.45) is 4.18. The van der Waals surface area contributed by atoms with Crippen LogP contribution >= 0.6 is 11.8 Å². The highest BCUT2D eigenvalue weighted by molar-refractivity contribution is 7.99. The molecule has 1 heterocycles. The van der Waals surface area contributed by atoms with Crippen molar-refractivity contribution in [2.75, 3.05) is 5.75 Å². The van der Waals surface area contributed by atoms with E-state index in [1.165, 1.54) is 11.8 Å². The molecule has 2 aromatic carbocycles. The number of amides is 3. The van der Waals surface area contributed by atoms with E-state index in [4.69, 9.17) is 0 Å². The first kappa shape index (κ1) is 20.2. The lowest BCUT2D eigenvalue weighted by atomic mass is 10.2. The molecule has 0 atom stereocenters. The SMILES string of the molecule is O=C(CSc1nnc(-c2ccccc2)n1-c1ccccc1)NC(=O)NC1CCCC1. The summed E-state index contributed by atoms with van der Waals surface area (Å²) in [7, 11) is 0. The molecule has 154 valence electrons. The van der Waals surface area contributed by atoms with E-state index in [0.29, 0.717) is 11.0 Å². The standard InChI is InChI=1S/C22H23N5O2S/c28-19(24-21(29)23-17-11-7-8-12-17)15-30-22-26-25-20(16-9-3-1-4-10-16)27(22)18-13-5-2-6-14-18/h1-6,9-10,13-14,17H,7-8,11-12,15H2,(H2,23,24,28,29). The summed E-state index contributed by atoms with van der Waals surface area (Å²) < 4.78 is 1.92. The van der Waals surface area contributed by atoms with Crippen LogP contribution in [0.5, 0.6) is 0 Å². The topological polar surface area (TPSA) is 88.9 Å². The molecule has 0 radical (unpaired) electrons. The molecule has 1 aliphatic carbocycles. The van der Waals surface area contributed by atoms with Crippen molar-refractivity contribution < 1.29 is 9.59 Å². The number of hydrogen-bond donors (Lipinski definition) is 2. The molecule has 1 saturated carbocycles. The molecule has 3 amide bonds. The third-order valence-electron chi connectivity index (χ3n) is 4.96. The second-order valence-corrected chi connectivity index (χ2v) is 8.08. The fourth-order valence-corrected chi connectivity index (χ4v) is 4.28. The maximum absolute atomic E-state index is 12.3. The van der Waals surface area contributed by atoms with Gasteiger partial charge in [0.1, 0.15) is 0 Å². The Labute approximate surface area is 179 Å². The lowest BCUT2D eigenvalue weighted by Gasteiger charge is -2.12. The van der Waals surface area contributed by atoms with Crippen molar-refractivity contribution in [1.29, 1.82) is 0 Å². The van der Waals surface area contributed by atoms with E-state index in [9.17, 15) is 9.59 Å². The van der Waals surface area contributed by atoms with Gasteiger partial charge < -0.3 is 5.32 Å². The number of thioether (sulfide) groups is 1. The number of benzene rings is 2. The largest absolute Gasteiger partial charge is 0.335 e. The monoisotopic (exact) mass is 421 g/mol. The van der Waals surface area contributed by atoms with Gasteiger partial charge in [-0.2, -0.15) is 0 Å². The third-order valence-corrected chi connectivity index (χ3v) is 5.88. The van der Waals surface area contributed by atoms with E-state index in [1.807, 2.05) is 65.2 Å². The number of rotatable bonds is 6. The first-order valence-corrected chi connectivity index (χ1v) is 11.0. The minimum absolute atomic E-state index is 0.0673. The van der Waals surface area contributed by atoms with E-state index in [0.717, 1.165) is 36.9 Å². The number of hydrogen-bond acceptors (Lipinski definition) is 5. The lowest BCUT2D eigenvalue weighted by Crippen LogP contribution is -2.44. The van der Waals surface area contributed by atoms with Crippen LogP contribution in [0.3, 0.4) is 0 Å². The second-order valence-electron chi connectivity index (χ2n) is 7.13. The van der Waals surface area contributed by atoms with Crippen molar-refractivity contribution in [3.63, 3.8) is 0 Å². The van der Waals surface area contributed by atoms with Crippen LogP contribution in [0.1, 0.15) is 25.7 Å². The van der Waals surface area contributed by atoms with Gasteiger partial charge in [-0.1, -0.05) is 73.1 Å². The van der Waals surface area contributed by atoms with Crippen LogP contribution in [-0.4, -0.2) is 38.5 Å². The van der Waals surface area contributed by atoms with Gasteiger partial charge in [-0.15, -0.1) is 10.2 Å². The molecule has 1 aliphatic rings. The van der Waals surface area contributed by atoms with Crippen LogP contribution in [0.4, 0.5) is 4.79 Å².